The molecule has 170 valence electrons. The summed E-state index contributed by atoms with van der Waals surface area (Å²) in [7, 11) is -4.42. The highest BCUT2D eigenvalue weighted by atomic mass is 35.5. The maximum Gasteiger partial charge on any atom is 0.573 e. The minimum absolute atomic E-state index is 0.00683. The van der Waals surface area contributed by atoms with Crippen LogP contribution in [0.3, 0.4) is 0 Å². The van der Waals surface area contributed by atoms with Gasteiger partial charge in [0, 0.05) is 13.1 Å². The molecule has 0 bridgehead atoms. The molecule has 0 aliphatic heterocycles. The van der Waals surface area contributed by atoms with Crippen molar-refractivity contribution in [2.45, 2.75) is 25.1 Å². The number of alkyl halides is 3. The van der Waals surface area contributed by atoms with E-state index in [2.05, 4.69) is 9.46 Å². The molecule has 0 atom stereocenters. The van der Waals surface area contributed by atoms with E-state index in [0.717, 1.165) is 12.1 Å². The smallest absolute Gasteiger partial charge is 0.482 e. The summed E-state index contributed by atoms with van der Waals surface area (Å²) in [5.74, 6) is -0.971. The lowest BCUT2D eigenvalue weighted by Crippen LogP contribution is -2.34. The molecule has 0 unspecified atom stereocenters. The SMILES string of the molecule is CCN(CC)C(=O)COc1ccc(NS(=O)(=O)c2ccccc2OC(F)(F)F)cc1Cl. The highest BCUT2D eigenvalue weighted by molar-refractivity contribution is 7.92. The number of hydrogen-bond acceptors (Lipinski definition) is 5. The average molecular weight is 481 g/mol. The van der Waals surface area contributed by atoms with Crippen LogP contribution in [0.25, 0.3) is 0 Å². The Morgan fingerprint density at radius 1 is 1.10 bits per heavy atom. The predicted octanol–water partition coefficient (Wildman–Crippen LogP) is 4.29. The Hall–Kier alpha value is -2.66. The summed E-state index contributed by atoms with van der Waals surface area (Å²) in [4.78, 5) is 12.9. The van der Waals surface area contributed by atoms with Gasteiger partial charge in [0.2, 0.25) is 0 Å². The lowest BCUT2D eigenvalue weighted by molar-refractivity contribution is -0.275. The van der Waals surface area contributed by atoms with Gasteiger partial charge in [0.25, 0.3) is 15.9 Å². The largest absolute Gasteiger partial charge is 0.573 e. The molecular formula is C19H20ClF3N2O5S. The molecule has 7 nitrogen and oxygen atoms in total. The third kappa shape index (κ3) is 6.93. The normalized spacial score (nSPS) is 11.7. The van der Waals surface area contributed by atoms with E-state index >= 15 is 0 Å². The van der Waals surface area contributed by atoms with Gasteiger partial charge in [0.15, 0.2) is 6.61 Å². The molecule has 2 rings (SSSR count). The highest BCUT2D eigenvalue weighted by Crippen LogP contribution is 2.32. The van der Waals surface area contributed by atoms with Crippen LogP contribution >= 0.6 is 11.6 Å². The molecule has 0 spiro atoms. The van der Waals surface area contributed by atoms with Crippen molar-refractivity contribution < 1.29 is 35.9 Å². The Morgan fingerprint density at radius 2 is 1.74 bits per heavy atom. The van der Waals surface area contributed by atoms with E-state index < -0.39 is 27.0 Å². The van der Waals surface area contributed by atoms with Gasteiger partial charge in [0.1, 0.15) is 16.4 Å². The zero-order valence-electron chi connectivity index (χ0n) is 16.6. The van der Waals surface area contributed by atoms with Gasteiger partial charge in [0.05, 0.1) is 10.7 Å². The Morgan fingerprint density at radius 3 is 2.32 bits per heavy atom. The quantitative estimate of drug-likeness (QED) is 0.579. The molecular weight excluding hydrogens is 461 g/mol. The summed E-state index contributed by atoms with van der Waals surface area (Å²) in [5.41, 5.74) is -0.0192. The number of amides is 1. The number of para-hydroxylation sites is 1. The predicted molar refractivity (Wildman–Crippen MR) is 109 cm³/mol. The van der Waals surface area contributed by atoms with Gasteiger partial charge >= 0.3 is 6.36 Å². The van der Waals surface area contributed by atoms with Gasteiger partial charge in [-0.25, -0.2) is 8.42 Å². The average Bonchev–Trinajstić information content (AvgIpc) is 2.67. The Bertz CT molecular complexity index is 1030. The van der Waals surface area contributed by atoms with Crippen LogP contribution in [0.4, 0.5) is 18.9 Å². The van der Waals surface area contributed by atoms with E-state index in [1.54, 1.807) is 4.90 Å². The minimum atomic E-state index is -5.06. The molecule has 31 heavy (non-hydrogen) atoms. The van der Waals surface area contributed by atoms with Crippen molar-refractivity contribution in [3.63, 3.8) is 0 Å². The van der Waals surface area contributed by atoms with Crippen molar-refractivity contribution in [2.75, 3.05) is 24.4 Å². The van der Waals surface area contributed by atoms with Crippen LogP contribution in [-0.4, -0.2) is 45.3 Å². The topological polar surface area (TPSA) is 84.9 Å². The molecule has 0 saturated heterocycles. The molecule has 0 aromatic heterocycles. The van der Waals surface area contributed by atoms with E-state index in [1.165, 1.54) is 30.3 Å². The Balaban J connectivity index is 2.17. The van der Waals surface area contributed by atoms with Crippen molar-refractivity contribution in [3.05, 3.63) is 47.5 Å². The fourth-order valence-corrected chi connectivity index (χ4v) is 3.99. The van der Waals surface area contributed by atoms with Crippen LogP contribution in [-0.2, 0) is 14.8 Å². The molecule has 0 radical (unpaired) electrons. The van der Waals surface area contributed by atoms with Gasteiger partial charge < -0.3 is 14.4 Å². The zero-order chi connectivity index (χ0) is 23.2. The van der Waals surface area contributed by atoms with Crippen LogP contribution in [0.15, 0.2) is 47.4 Å². The monoisotopic (exact) mass is 480 g/mol. The second kappa shape index (κ2) is 10.1. The van der Waals surface area contributed by atoms with Crippen molar-refractivity contribution in [2.24, 2.45) is 0 Å². The number of nitrogens with zero attached hydrogens (tertiary/aromatic N) is 1. The number of ether oxygens (including phenoxy) is 2. The zero-order valence-corrected chi connectivity index (χ0v) is 18.1. The van der Waals surface area contributed by atoms with Gasteiger partial charge in [-0.1, -0.05) is 23.7 Å². The van der Waals surface area contributed by atoms with Crippen molar-refractivity contribution >= 4 is 33.2 Å². The molecule has 12 heteroatoms. The third-order valence-corrected chi connectivity index (χ3v) is 5.73. The number of nitrogens with one attached hydrogen (secondary N) is 1. The Kier molecular flexibility index (Phi) is 8.02. The lowest BCUT2D eigenvalue weighted by Gasteiger charge is -2.19. The number of halogens is 4. The molecule has 2 aromatic carbocycles. The van der Waals surface area contributed by atoms with Gasteiger partial charge in [-0.15, -0.1) is 13.2 Å². The number of carbonyl (C=O) groups is 1. The highest BCUT2D eigenvalue weighted by Gasteiger charge is 2.34. The van der Waals surface area contributed by atoms with E-state index in [1.807, 2.05) is 13.8 Å². The van der Waals surface area contributed by atoms with E-state index in [4.69, 9.17) is 16.3 Å². The fraction of sp³-hybridized carbons (Fsp3) is 0.316. The van der Waals surface area contributed by atoms with Gasteiger partial charge in [-0.2, -0.15) is 0 Å². The lowest BCUT2D eigenvalue weighted by atomic mass is 10.3. The fourth-order valence-electron chi connectivity index (χ4n) is 2.58. The molecule has 1 amide bonds. The van der Waals surface area contributed by atoms with Crippen LogP contribution < -0.4 is 14.2 Å². The Labute approximate surface area is 182 Å². The molecule has 1 N–H and O–H groups in total. The first-order valence-corrected chi connectivity index (χ1v) is 10.9. The van der Waals surface area contributed by atoms with Crippen molar-refractivity contribution in [1.29, 1.82) is 0 Å². The van der Waals surface area contributed by atoms with Crippen LogP contribution in [0.1, 0.15) is 13.8 Å². The summed E-state index contributed by atoms with van der Waals surface area (Å²) in [6, 6.07) is 8.18. The van der Waals surface area contributed by atoms with Gasteiger partial charge in [-0.3, -0.25) is 9.52 Å². The van der Waals surface area contributed by atoms with Gasteiger partial charge in [-0.05, 0) is 44.2 Å². The first-order valence-electron chi connectivity index (χ1n) is 9.04. The second-order valence-electron chi connectivity index (χ2n) is 6.10. The van der Waals surface area contributed by atoms with E-state index in [0.29, 0.717) is 13.1 Å². The molecule has 0 fully saturated rings. The maximum atomic E-state index is 12.6. The van der Waals surface area contributed by atoms with Crippen LogP contribution in [0.5, 0.6) is 11.5 Å². The number of benzene rings is 2. The standard InChI is InChI=1S/C19H20ClF3N2O5S/c1-3-25(4-2)18(26)12-29-15-10-9-13(11-14(15)20)24-31(27,28)17-8-6-5-7-16(17)30-19(21,22)23/h5-11,24H,3-4,12H2,1-2H3. The first-order chi connectivity index (χ1) is 14.5. The summed E-state index contributed by atoms with van der Waals surface area (Å²) >= 11 is 6.10. The second-order valence-corrected chi connectivity index (χ2v) is 8.16. The molecule has 0 saturated carbocycles. The van der Waals surface area contributed by atoms with E-state index in [-0.39, 0.29) is 29.0 Å². The third-order valence-electron chi connectivity index (χ3n) is 4.02. The first kappa shape index (κ1) is 24.6. The summed E-state index contributed by atoms with van der Waals surface area (Å²) < 4.78 is 74.2. The minimum Gasteiger partial charge on any atom is -0.482 e. The van der Waals surface area contributed by atoms with Crippen molar-refractivity contribution in [3.8, 4) is 11.5 Å². The van der Waals surface area contributed by atoms with Crippen LogP contribution in [0, 0.1) is 0 Å². The number of rotatable bonds is 9. The molecule has 0 aliphatic carbocycles. The number of likely N-dealkylation sites (N-methyl/N-ethyl adjacent to an activating group) is 1. The summed E-state index contributed by atoms with van der Waals surface area (Å²) in [6.07, 6.45) is -5.06. The number of anilines is 1. The summed E-state index contributed by atoms with van der Waals surface area (Å²) in [6.45, 7) is 4.44. The molecule has 0 aliphatic rings. The molecule has 2 aromatic rings. The van der Waals surface area contributed by atoms with E-state index in [9.17, 15) is 26.4 Å². The number of hydrogen-bond donors (Lipinski definition) is 1. The van der Waals surface area contributed by atoms with Crippen LogP contribution in [0.2, 0.25) is 5.02 Å². The molecule has 0 heterocycles. The number of sulfonamides is 1. The maximum absolute atomic E-state index is 12.6. The summed E-state index contributed by atoms with van der Waals surface area (Å²) in [5, 5.41) is 0.00683. The van der Waals surface area contributed by atoms with Crippen molar-refractivity contribution in [1.82, 2.24) is 4.90 Å². The number of carbonyl (C=O) groups excluding carboxylic acids is 1.